The quantitative estimate of drug-likeness (QED) is 0.809. The predicted molar refractivity (Wildman–Crippen MR) is 70.7 cm³/mol. The van der Waals surface area contributed by atoms with Crippen molar-refractivity contribution in [2.75, 3.05) is 0 Å². The van der Waals surface area contributed by atoms with Crippen LogP contribution in [-0.2, 0) is 24.6 Å². The normalized spacial score (nSPS) is 11.5. The molecule has 0 unspecified atom stereocenters. The maximum absolute atomic E-state index is 12.8. The van der Waals surface area contributed by atoms with Crippen molar-refractivity contribution < 1.29 is 22.7 Å². The Labute approximate surface area is 120 Å². The molecule has 0 radical (unpaired) electrons. The Morgan fingerprint density at radius 2 is 1.86 bits per heavy atom. The van der Waals surface area contributed by atoms with E-state index in [9.17, 15) is 18.0 Å². The Balaban J connectivity index is 2.14. The van der Waals surface area contributed by atoms with Crippen LogP contribution in [0, 0.1) is 6.92 Å². The molecule has 21 heavy (non-hydrogen) atoms. The van der Waals surface area contributed by atoms with E-state index in [2.05, 4.69) is 0 Å². The number of halogens is 3. The molecule has 1 aromatic carbocycles. The molecule has 2 aromatic rings. The molecule has 0 bridgehead atoms. The molecule has 0 amide bonds. The van der Waals surface area contributed by atoms with E-state index in [4.69, 9.17) is 4.74 Å². The first-order chi connectivity index (χ1) is 9.80. The Hall–Kier alpha value is -2.24. The van der Waals surface area contributed by atoms with Gasteiger partial charge in [-0.05, 0) is 25.1 Å². The first-order valence-corrected chi connectivity index (χ1v) is 6.25. The highest BCUT2D eigenvalue weighted by atomic mass is 19.4. The summed E-state index contributed by atoms with van der Waals surface area (Å²) >= 11 is 0. The third-order valence-corrected chi connectivity index (χ3v) is 3.26. The third-order valence-electron chi connectivity index (χ3n) is 3.26. The van der Waals surface area contributed by atoms with Crippen LogP contribution >= 0.6 is 0 Å². The van der Waals surface area contributed by atoms with Gasteiger partial charge in [0.05, 0.1) is 5.56 Å². The maximum atomic E-state index is 12.8. The fourth-order valence-corrected chi connectivity index (χ4v) is 1.96. The standard InChI is InChI=1S/C15H14F3NO2/c1-10-7-8-13(19(10)2)14(20)21-9-11-5-3-4-6-12(11)15(16,17)18/h3-8H,9H2,1-2H3. The average molecular weight is 297 g/mol. The number of benzene rings is 1. The van der Waals surface area contributed by atoms with Gasteiger partial charge in [0.1, 0.15) is 12.3 Å². The maximum Gasteiger partial charge on any atom is 0.416 e. The number of hydrogen-bond acceptors (Lipinski definition) is 2. The zero-order valence-electron chi connectivity index (χ0n) is 11.6. The Morgan fingerprint density at radius 3 is 2.43 bits per heavy atom. The second-order valence-corrected chi connectivity index (χ2v) is 4.65. The van der Waals surface area contributed by atoms with Gasteiger partial charge in [-0.1, -0.05) is 18.2 Å². The smallest absolute Gasteiger partial charge is 0.416 e. The van der Waals surface area contributed by atoms with E-state index in [1.54, 1.807) is 23.7 Å². The van der Waals surface area contributed by atoms with Gasteiger partial charge in [0.25, 0.3) is 0 Å². The number of aromatic nitrogens is 1. The largest absolute Gasteiger partial charge is 0.456 e. The van der Waals surface area contributed by atoms with Crippen molar-refractivity contribution in [3.63, 3.8) is 0 Å². The van der Waals surface area contributed by atoms with E-state index >= 15 is 0 Å². The Morgan fingerprint density at radius 1 is 1.19 bits per heavy atom. The lowest BCUT2D eigenvalue weighted by Crippen LogP contribution is -2.14. The lowest BCUT2D eigenvalue weighted by molar-refractivity contribution is -0.138. The van der Waals surface area contributed by atoms with Gasteiger partial charge in [0.2, 0.25) is 0 Å². The van der Waals surface area contributed by atoms with Crippen molar-refractivity contribution >= 4 is 5.97 Å². The summed E-state index contributed by atoms with van der Waals surface area (Å²) in [4.78, 5) is 11.9. The monoisotopic (exact) mass is 297 g/mol. The molecule has 0 saturated carbocycles. The molecule has 0 N–H and O–H groups in total. The van der Waals surface area contributed by atoms with E-state index in [1.807, 2.05) is 6.92 Å². The van der Waals surface area contributed by atoms with E-state index < -0.39 is 24.3 Å². The molecule has 0 aliphatic rings. The molecule has 0 aliphatic heterocycles. The second-order valence-electron chi connectivity index (χ2n) is 4.65. The van der Waals surface area contributed by atoms with Crippen LogP contribution in [-0.4, -0.2) is 10.5 Å². The number of nitrogens with zero attached hydrogens (tertiary/aromatic N) is 1. The number of carbonyl (C=O) groups excluding carboxylic acids is 1. The van der Waals surface area contributed by atoms with Crippen molar-refractivity contribution in [2.45, 2.75) is 19.7 Å². The Kier molecular flexibility index (Phi) is 4.06. The number of aryl methyl sites for hydroxylation is 1. The summed E-state index contributed by atoms with van der Waals surface area (Å²) in [6, 6.07) is 8.36. The molecule has 2 rings (SSSR count). The topological polar surface area (TPSA) is 31.2 Å². The van der Waals surface area contributed by atoms with Crippen LogP contribution in [0.5, 0.6) is 0 Å². The number of carbonyl (C=O) groups is 1. The van der Waals surface area contributed by atoms with Crippen molar-refractivity contribution in [3.05, 3.63) is 58.9 Å². The van der Waals surface area contributed by atoms with Crippen LogP contribution in [0.25, 0.3) is 0 Å². The van der Waals surface area contributed by atoms with Crippen LogP contribution in [0.2, 0.25) is 0 Å². The first kappa shape index (κ1) is 15.2. The summed E-state index contributed by atoms with van der Waals surface area (Å²) in [6.07, 6.45) is -4.47. The summed E-state index contributed by atoms with van der Waals surface area (Å²) in [6.45, 7) is 1.40. The highest BCUT2D eigenvalue weighted by Crippen LogP contribution is 2.32. The van der Waals surface area contributed by atoms with E-state index in [0.29, 0.717) is 5.69 Å². The fraction of sp³-hybridized carbons (Fsp3) is 0.267. The first-order valence-electron chi connectivity index (χ1n) is 6.25. The van der Waals surface area contributed by atoms with Crippen molar-refractivity contribution in [1.82, 2.24) is 4.57 Å². The van der Waals surface area contributed by atoms with E-state index in [1.165, 1.54) is 18.2 Å². The minimum Gasteiger partial charge on any atom is -0.456 e. The van der Waals surface area contributed by atoms with Crippen LogP contribution in [0.4, 0.5) is 13.2 Å². The fourth-order valence-electron chi connectivity index (χ4n) is 1.96. The molecular formula is C15H14F3NO2. The van der Waals surface area contributed by atoms with Crippen molar-refractivity contribution in [2.24, 2.45) is 7.05 Å². The summed E-state index contributed by atoms with van der Waals surface area (Å²) in [5.41, 5.74) is 0.305. The number of esters is 1. The molecule has 6 heteroatoms. The number of ether oxygens (including phenoxy) is 1. The van der Waals surface area contributed by atoms with Gasteiger partial charge >= 0.3 is 12.1 Å². The lowest BCUT2D eigenvalue weighted by atomic mass is 10.1. The summed E-state index contributed by atoms with van der Waals surface area (Å²) in [5.74, 6) is -0.650. The third kappa shape index (κ3) is 3.26. The second kappa shape index (κ2) is 5.63. The molecule has 0 saturated heterocycles. The number of alkyl halides is 3. The van der Waals surface area contributed by atoms with Crippen LogP contribution in [0.1, 0.15) is 27.3 Å². The van der Waals surface area contributed by atoms with Crippen LogP contribution in [0.15, 0.2) is 36.4 Å². The van der Waals surface area contributed by atoms with Gasteiger partial charge in [-0.3, -0.25) is 0 Å². The van der Waals surface area contributed by atoms with Crippen molar-refractivity contribution in [1.29, 1.82) is 0 Å². The van der Waals surface area contributed by atoms with Crippen LogP contribution < -0.4 is 0 Å². The molecule has 3 nitrogen and oxygen atoms in total. The summed E-state index contributed by atoms with van der Waals surface area (Å²) in [5, 5.41) is 0. The SMILES string of the molecule is Cc1ccc(C(=O)OCc2ccccc2C(F)(F)F)n1C. The van der Waals surface area contributed by atoms with Gasteiger partial charge in [-0.15, -0.1) is 0 Å². The Bertz CT molecular complexity index is 659. The van der Waals surface area contributed by atoms with E-state index in [0.717, 1.165) is 11.8 Å². The van der Waals surface area contributed by atoms with Gasteiger partial charge in [-0.25, -0.2) is 4.79 Å². The minimum atomic E-state index is -4.47. The van der Waals surface area contributed by atoms with E-state index in [-0.39, 0.29) is 5.56 Å². The number of rotatable bonds is 3. The zero-order chi connectivity index (χ0) is 15.6. The zero-order valence-corrected chi connectivity index (χ0v) is 11.6. The van der Waals surface area contributed by atoms with Gasteiger partial charge in [0, 0.05) is 18.3 Å². The van der Waals surface area contributed by atoms with Gasteiger partial charge in [-0.2, -0.15) is 13.2 Å². The highest BCUT2D eigenvalue weighted by Gasteiger charge is 2.33. The number of hydrogen-bond donors (Lipinski definition) is 0. The molecule has 0 aliphatic carbocycles. The molecule has 0 atom stereocenters. The molecular weight excluding hydrogens is 283 g/mol. The van der Waals surface area contributed by atoms with Gasteiger partial charge < -0.3 is 9.30 Å². The van der Waals surface area contributed by atoms with Gasteiger partial charge in [0.15, 0.2) is 0 Å². The minimum absolute atomic E-state index is 0.0655. The molecule has 1 heterocycles. The van der Waals surface area contributed by atoms with Crippen molar-refractivity contribution in [3.8, 4) is 0 Å². The lowest BCUT2D eigenvalue weighted by Gasteiger charge is -2.13. The summed E-state index contributed by atoms with van der Waals surface area (Å²) < 4.78 is 45.1. The summed E-state index contributed by atoms with van der Waals surface area (Å²) in [7, 11) is 1.69. The average Bonchev–Trinajstić information content (AvgIpc) is 2.76. The highest BCUT2D eigenvalue weighted by molar-refractivity contribution is 5.87. The van der Waals surface area contributed by atoms with Crippen LogP contribution in [0.3, 0.4) is 0 Å². The molecule has 112 valence electrons. The molecule has 0 spiro atoms. The molecule has 1 aromatic heterocycles. The predicted octanol–water partition coefficient (Wildman–Crippen LogP) is 3.71. The molecule has 0 fully saturated rings.